The third kappa shape index (κ3) is 8.20. The van der Waals surface area contributed by atoms with Crippen molar-refractivity contribution in [3.8, 4) is 0 Å². The van der Waals surface area contributed by atoms with Crippen molar-refractivity contribution >= 4 is 0 Å². The van der Waals surface area contributed by atoms with Crippen molar-refractivity contribution in [1.29, 1.82) is 0 Å². The highest BCUT2D eigenvalue weighted by molar-refractivity contribution is 5.14. The number of hydrogen-bond donors (Lipinski definition) is 2. The highest BCUT2D eigenvalue weighted by Crippen LogP contribution is 2.19. The molecule has 0 aliphatic rings. The van der Waals surface area contributed by atoms with Crippen molar-refractivity contribution < 1.29 is 5.11 Å². The van der Waals surface area contributed by atoms with E-state index in [1.54, 1.807) is 0 Å². The molecule has 2 N–H and O–H groups in total. The number of benzene rings is 1. The molecular weight excluding hydrogens is 260 g/mol. The van der Waals surface area contributed by atoms with Crippen LogP contribution in [0.4, 0.5) is 0 Å². The minimum absolute atomic E-state index is 0.137. The van der Waals surface area contributed by atoms with Crippen LogP contribution in [0.3, 0.4) is 0 Å². The average molecular weight is 292 g/mol. The minimum atomic E-state index is 0.137. The van der Waals surface area contributed by atoms with Crippen LogP contribution in [0.2, 0.25) is 0 Å². The summed E-state index contributed by atoms with van der Waals surface area (Å²) in [5, 5.41) is 12.9. The van der Waals surface area contributed by atoms with Crippen LogP contribution in [0.15, 0.2) is 30.3 Å². The molecule has 3 heteroatoms. The molecule has 0 spiro atoms. The lowest BCUT2D eigenvalue weighted by atomic mass is 9.91. The lowest BCUT2D eigenvalue weighted by Crippen LogP contribution is -2.46. The Bertz CT molecular complexity index is 395. The van der Waals surface area contributed by atoms with Gasteiger partial charge in [0.05, 0.1) is 6.61 Å². The highest BCUT2D eigenvalue weighted by atomic mass is 16.3. The lowest BCUT2D eigenvalue weighted by Gasteiger charge is -2.35. The molecule has 0 saturated heterocycles. The van der Waals surface area contributed by atoms with Gasteiger partial charge in [-0.15, -0.1) is 0 Å². The van der Waals surface area contributed by atoms with Crippen LogP contribution >= 0.6 is 0 Å². The van der Waals surface area contributed by atoms with E-state index >= 15 is 0 Å². The maximum absolute atomic E-state index is 9.31. The Morgan fingerprint density at radius 3 is 2.19 bits per heavy atom. The van der Waals surface area contributed by atoms with Gasteiger partial charge >= 0.3 is 0 Å². The van der Waals surface area contributed by atoms with Gasteiger partial charge in [0.25, 0.3) is 0 Å². The Balaban J connectivity index is 2.60. The van der Waals surface area contributed by atoms with Crippen molar-refractivity contribution in [2.75, 3.05) is 26.2 Å². The van der Waals surface area contributed by atoms with Crippen molar-refractivity contribution in [2.45, 2.75) is 46.7 Å². The maximum atomic E-state index is 9.31. The first-order valence-electron chi connectivity index (χ1n) is 7.84. The zero-order valence-corrected chi connectivity index (χ0v) is 14.3. The van der Waals surface area contributed by atoms with Gasteiger partial charge in [0, 0.05) is 31.7 Å². The molecule has 1 aromatic rings. The number of aliphatic hydroxyl groups excluding tert-OH is 1. The molecule has 0 aliphatic carbocycles. The van der Waals surface area contributed by atoms with Crippen molar-refractivity contribution in [2.24, 2.45) is 5.41 Å². The maximum Gasteiger partial charge on any atom is 0.0558 e. The summed E-state index contributed by atoms with van der Waals surface area (Å²) < 4.78 is 0. The number of hydrogen-bond acceptors (Lipinski definition) is 3. The molecule has 0 amide bonds. The molecule has 0 radical (unpaired) electrons. The van der Waals surface area contributed by atoms with Crippen LogP contribution in [0, 0.1) is 5.41 Å². The molecule has 0 bridgehead atoms. The van der Waals surface area contributed by atoms with E-state index < -0.39 is 0 Å². The van der Waals surface area contributed by atoms with Crippen LogP contribution in [0.5, 0.6) is 0 Å². The summed E-state index contributed by atoms with van der Waals surface area (Å²) in [5.74, 6) is 0. The van der Waals surface area contributed by atoms with Crippen molar-refractivity contribution in [3.05, 3.63) is 35.9 Å². The first-order chi connectivity index (χ1) is 9.72. The minimum Gasteiger partial charge on any atom is -0.395 e. The summed E-state index contributed by atoms with van der Waals surface area (Å²) in [6, 6.07) is 10.5. The average Bonchev–Trinajstić information content (AvgIpc) is 2.37. The molecule has 3 nitrogen and oxygen atoms in total. The fraction of sp³-hybridized carbons (Fsp3) is 0.667. The third-order valence-corrected chi connectivity index (χ3v) is 3.41. The molecule has 0 fully saturated rings. The summed E-state index contributed by atoms with van der Waals surface area (Å²) in [6.07, 6.45) is 0. The Kier molecular flexibility index (Phi) is 6.85. The standard InChI is InChI=1S/C18H32N2O/c1-17(2,3)19-14-18(4,5)15-20(11-12-21)13-16-9-7-6-8-10-16/h6-10,19,21H,11-15H2,1-5H3. The second-order valence-corrected chi connectivity index (χ2v) is 7.69. The second kappa shape index (κ2) is 7.92. The first-order valence-corrected chi connectivity index (χ1v) is 7.84. The number of rotatable bonds is 8. The van der Waals surface area contributed by atoms with E-state index in [2.05, 4.69) is 69.1 Å². The number of nitrogens with zero attached hydrogens (tertiary/aromatic N) is 1. The monoisotopic (exact) mass is 292 g/mol. The van der Waals surface area contributed by atoms with Crippen LogP contribution in [0.25, 0.3) is 0 Å². The van der Waals surface area contributed by atoms with Gasteiger partial charge in [0.1, 0.15) is 0 Å². The van der Waals surface area contributed by atoms with Crippen LogP contribution < -0.4 is 5.32 Å². The highest BCUT2D eigenvalue weighted by Gasteiger charge is 2.23. The van der Waals surface area contributed by atoms with Crippen molar-refractivity contribution in [3.63, 3.8) is 0 Å². The Morgan fingerprint density at radius 2 is 1.67 bits per heavy atom. The van der Waals surface area contributed by atoms with E-state index in [4.69, 9.17) is 0 Å². The Morgan fingerprint density at radius 1 is 1.05 bits per heavy atom. The summed E-state index contributed by atoms with van der Waals surface area (Å²) in [5.41, 5.74) is 1.60. The topological polar surface area (TPSA) is 35.5 Å². The number of nitrogens with one attached hydrogen (secondary N) is 1. The van der Waals surface area contributed by atoms with Crippen molar-refractivity contribution in [1.82, 2.24) is 10.2 Å². The molecule has 120 valence electrons. The van der Waals surface area contributed by atoms with Crippen LogP contribution in [-0.2, 0) is 6.54 Å². The summed E-state index contributed by atoms with van der Waals surface area (Å²) in [6.45, 7) is 14.9. The Labute approximate surface area is 130 Å². The van der Waals surface area contributed by atoms with E-state index in [-0.39, 0.29) is 17.6 Å². The predicted molar refractivity (Wildman–Crippen MR) is 90.3 cm³/mol. The van der Waals surface area contributed by atoms with Crippen LogP contribution in [0.1, 0.15) is 40.2 Å². The van der Waals surface area contributed by atoms with Gasteiger partial charge in [0.2, 0.25) is 0 Å². The van der Waals surface area contributed by atoms with Gasteiger partial charge in [-0.1, -0.05) is 44.2 Å². The molecule has 0 atom stereocenters. The van der Waals surface area contributed by atoms with E-state index in [0.29, 0.717) is 6.54 Å². The van der Waals surface area contributed by atoms with E-state index in [1.165, 1.54) is 5.56 Å². The summed E-state index contributed by atoms with van der Waals surface area (Å²) in [7, 11) is 0. The largest absolute Gasteiger partial charge is 0.395 e. The lowest BCUT2D eigenvalue weighted by molar-refractivity contribution is 0.131. The molecular formula is C18H32N2O. The molecule has 1 rings (SSSR count). The van der Waals surface area contributed by atoms with Gasteiger partial charge < -0.3 is 10.4 Å². The van der Waals surface area contributed by atoms with Gasteiger partial charge in [-0.25, -0.2) is 0 Å². The van der Waals surface area contributed by atoms with Gasteiger partial charge in [0.15, 0.2) is 0 Å². The molecule has 0 unspecified atom stereocenters. The van der Waals surface area contributed by atoms with E-state index in [0.717, 1.165) is 19.6 Å². The molecule has 0 saturated carbocycles. The SMILES string of the molecule is CC(C)(CNC(C)(C)C)CN(CCO)Cc1ccccc1. The first kappa shape index (κ1) is 18.1. The fourth-order valence-corrected chi connectivity index (χ4v) is 2.36. The zero-order chi connectivity index (χ0) is 15.9. The molecule has 0 aliphatic heterocycles. The van der Waals surface area contributed by atoms with E-state index in [9.17, 15) is 5.11 Å². The molecule has 0 heterocycles. The van der Waals surface area contributed by atoms with Gasteiger partial charge in [-0.3, -0.25) is 4.90 Å². The second-order valence-electron chi connectivity index (χ2n) is 7.69. The predicted octanol–water partition coefficient (Wildman–Crippen LogP) is 2.90. The van der Waals surface area contributed by atoms with E-state index in [1.807, 2.05) is 6.07 Å². The van der Waals surface area contributed by atoms with Crippen LogP contribution in [-0.4, -0.2) is 41.8 Å². The fourth-order valence-electron chi connectivity index (χ4n) is 2.36. The zero-order valence-electron chi connectivity index (χ0n) is 14.3. The molecule has 21 heavy (non-hydrogen) atoms. The third-order valence-electron chi connectivity index (χ3n) is 3.41. The summed E-state index contributed by atoms with van der Waals surface area (Å²) in [4.78, 5) is 2.33. The molecule has 0 aromatic heterocycles. The van der Waals surface area contributed by atoms with Gasteiger partial charge in [-0.2, -0.15) is 0 Å². The smallest absolute Gasteiger partial charge is 0.0558 e. The number of aliphatic hydroxyl groups is 1. The normalized spacial score (nSPS) is 12.9. The quantitative estimate of drug-likeness (QED) is 0.773. The summed E-state index contributed by atoms with van der Waals surface area (Å²) >= 11 is 0. The molecule has 1 aromatic carbocycles. The Hall–Kier alpha value is -0.900. The van der Waals surface area contributed by atoms with Gasteiger partial charge in [-0.05, 0) is 31.7 Å².